The molecular weight excluding hydrogens is 524 g/mol. The minimum absolute atomic E-state index is 0.147. The lowest BCUT2D eigenvalue weighted by Crippen LogP contribution is -2.16. The van der Waals surface area contributed by atoms with Crippen LogP contribution in [-0.2, 0) is 17.6 Å². The van der Waals surface area contributed by atoms with E-state index < -0.39 is 0 Å². The summed E-state index contributed by atoms with van der Waals surface area (Å²) in [5.74, 6) is 1.34. The van der Waals surface area contributed by atoms with Gasteiger partial charge in [-0.15, -0.1) is 0 Å². The van der Waals surface area contributed by atoms with Gasteiger partial charge in [-0.05, 0) is 121 Å². The number of aryl methyl sites for hydroxylation is 2. The molecule has 3 aliphatic carbocycles. The zero-order chi connectivity index (χ0) is 29.8. The summed E-state index contributed by atoms with van der Waals surface area (Å²) in [4.78, 5) is 26.8. The normalized spacial score (nSPS) is 19.6. The molecule has 3 aromatic rings. The zero-order valence-corrected chi connectivity index (χ0v) is 25.6. The Morgan fingerprint density at radius 3 is 2.30 bits per heavy atom. The van der Waals surface area contributed by atoms with Crippen LogP contribution in [0.3, 0.4) is 0 Å². The fourth-order valence-corrected chi connectivity index (χ4v) is 7.22. The van der Waals surface area contributed by atoms with E-state index in [1.54, 1.807) is 0 Å². The lowest BCUT2D eigenvalue weighted by atomic mass is 9.74. The van der Waals surface area contributed by atoms with Gasteiger partial charge in [0, 0.05) is 18.4 Å². The predicted octanol–water partition coefficient (Wildman–Crippen LogP) is 9.98. The first-order chi connectivity index (χ1) is 20.9. The molecule has 0 saturated heterocycles. The van der Waals surface area contributed by atoms with Gasteiger partial charge in [-0.2, -0.15) is 0 Å². The highest BCUT2D eigenvalue weighted by atomic mass is 16.1. The van der Waals surface area contributed by atoms with Crippen LogP contribution in [0.2, 0.25) is 0 Å². The molecule has 0 radical (unpaired) electrons. The maximum Gasteiger partial charge on any atom is 0.163 e. The van der Waals surface area contributed by atoms with Crippen LogP contribution in [0.25, 0.3) is 5.57 Å². The summed E-state index contributed by atoms with van der Waals surface area (Å²) >= 11 is 0. The van der Waals surface area contributed by atoms with E-state index in [0.29, 0.717) is 37.5 Å². The summed E-state index contributed by atoms with van der Waals surface area (Å²) in [5.41, 5.74) is 11.9. The Bertz CT molecular complexity index is 1650. The molecule has 0 amide bonds. The van der Waals surface area contributed by atoms with Gasteiger partial charge in [-0.3, -0.25) is 9.59 Å². The zero-order valence-electron chi connectivity index (χ0n) is 25.6. The first-order valence-corrected chi connectivity index (χ1v) is 16.0. The number of carbonyl (C=O) groups is 2. The fraction of sp³-hybridized carbons (Fsp3) is 0.317. The monoisotopic (exact) mass is 566 g/mol. The number of hydrogen-bond donors (Lipinski definition) is 0. The Labute approximate surface area is 256 Å². The molecule has 0 aromatic heterocycles. The number of hydrogen-bond acceptors (Lipinski definition) is 2. The molecule has 3 aliphatic rings. The number of rotatable bonds is 10. The van der Waals surface area contributed by atoms with Crippen molar-refractivity contribution in [2.45, 2.75) is 83.5 Å². The van der Waals surface area contributed by atoms with Crippen molar-refractivity contribution in [1.82, 2.24) is 0 Å². The molecule has 0 unspecified atom stereocenters. The van der Waals surface area contributed by atoms with Crippen LogP contribution in [0.15, 0.2) is 108 Å². The van der Waals surface area contributed by atoms with E-state index in [1.807, 2.05) is 30.4 Å². The number of Topliss-reactive ketones (excluding diaryl/α,β-unsaturated/α-hetero) is 2. The molecule has 2 heteroatoms. The van der Waals surface area contributed by atoms with E-state index in [0.717, 1.165) is 48.8 Å². The van der Waals surface area contributed by atoms with Crippen molar-refractivity contribution in [2.24, 2.45) is 0 Å². The average Bonchev–Trinajstić information content (AvgIpc) is 3.73. The largest absolute Gasteiger partial charge is 0.294 e. The molecule has 0 atom stereocenters. The Morgan fingerprint density at radius 2 is 1.58 bits per heavy atom. The fourth-order valence-electron chi connectivity index (χ4n) is 7.22. The third kappa shape index (κ3) is 6.80. The summed E-state index contributed by atoms with van der Waals surface area (Å²) in [7, 11) is 0. The van der Waals surface area contributed by atoms with Gasteiger partial charge in [0.05, 0.1) is 0 Å². The molecule has 2 nitrogen and oxygen atoms in total. The maximum atomic E-state index is 13.5. The van der Waals surface area contributed by atoms with E-state index >= 15 is 0 Å². The third-order valence-corrected chi connectivity index (χ3v) is 9.73. The molecule has 218 valence electrons. The van der Waals surface area contributed by atoms with E-state index in [-0.39, 0.29) is 11.6 Å². The van der Waals surface area contributed by atoms with Gasteiger partial charge in [-0.25, -0.2) is 0 Å². The Balaban J connectivity index is 1.17. The molecule has 1 fully saturated rings. The SMILES string of the molecule is CC1=CCC(c2cccc(CCC(=O)c3ccc(C4CCC(c5ccccc5C)CC4)c(CC(=O)C4=CC=CC4)c3)c2)=C1. The van der Waals surface area contributed by atoms with E-state index in [1.165, 1.54) is 39.0 Å². The molecule has 0 heterocycles. The molecule has 1 saturated carbocycles. The van der Waals surface area contributed by atoms with Crippen molar-refractivity contribution < 1.29 is 9.59 Å². The molecular formula is C41H42O2. The van der Waals surface area contributed by atoms with Gasteiger partial charge in [0.1, 0.15) is 0 Å². The summed E-state index contributed by atoms with van der Waals surface area (Å²) in [5, 5.41) is 0. The molecule has 0 aliphatic heterocycles. The molecule has 0 N–H and O–H groups in total. The highest BCUT2D eigenvalue weighted by Gasteiger charge is 2.27. The average molecular weight is 567 g/mol. The van der Waals surface area contributed by atoms with Crippen LogP contribution in [0.4, 0.5) is 0 Å². The van der Waals surface area contributed by atoms with Crippen LogP contribution in [0, 0.1) is 6.92 Å². The van der Waals surface area contributed by atoms with Crippen molar-refractivity contribution in [3.63, 3.8) is 0 Å². The van der Waals surface area contributed by atoms with Crippen molar-refractivity contribution >= 4 is 17.1 Å². The molecule has 3 aromatic carbocycles. The van der Waals surface area contributed by atoms with Gasteiger partial charge in [-0.1, -0.05) is 96.6 Å². The third-order valence-electron chi connectivity index (χ3n) is 9.73. The smallest absolute Gasteiger partial charge is 0.163 e. The van der Waals surface area contributed by atoms with Crippen molar-refractivity contribution in [3.8, 4) is 0 Å². The molecule has 43 heavy (non-hydrogen) atoms. The summed E-state index contributed by atoms with van der Waals surface area (Å²) in [6, 6.07) is 23.6. The predicted molar refractivity (Wildman–Crippen MR) is 178 cm³/mol. The lowest BCUT2D eigenvalue weighted by Gasteiger charge is -2.31. The van der Waals surface area contributed by atoms with E-state index in [2.05, 4.69) is 80.6 Å². The molecule has 0 bridgehead atoms. The lowest BCUT2D eigenvalue weighted by molar-refractivity contribution is -0.115. The minimum Gasteiger partial charge on any atom is -0.294 e. The van der Waals surface area contributed by atoms with E-state index in [9.17, 15) is 9.59 Å². The summed E-state index contributed by atoms with van der Waals surface area (Å²) < 4.78 is 0. The quantitative estimate of drug-likeness (QED) is 0.229. The van der Waals surface area contributed by atoms with Gasteiger partial charge >= 0.3 is 0 Å². The van der Waals surface area contributed by atoms with Gasteiger partial charge in [0.25, 0.3) is 0 Å². The summed E-state index contributed by atoms with van der Waals surface area (Å²) in [6.45, 7) is 4.36. The van der Waals surface area contributed by atoms with Crippen molar-refractivity contribution in [2.75, 3.05) is 0 Å². The van der Waals surface area contributed by atoms with Crippen molar-refractivity contribution in [3.05, 3.63) is 147 Å². The Kier molecular flexibility index (Phi) is 8.84. The highest BCUT2D eigenvalue weighted by molar-refractivity contribution is 5.99. The van der Waals surface area contributed by atoms with Crippen LogP contribution >= 0.6 is 0 Å². The number of ketones is 2. The van der Waals surface area contributed by atoms with Crippen LogP contribution in [0.1, 0.15) is 107 Å². The second-order valence-corrected chi connectivity index (χ2v) is 12.7. The van der Waals surface area contributed by atoms with Gasteiger partial charge in [0.2, 0.25) is 0 Å². The highest BCUT2D eigenvalue weighted by Crippen LogP contribution is 2.42. The van der Waals surface area contributed by atoms with Gasteiger partial charge < -0.3 is 0 Å². The first-order valence-electron chi connectivity index (χ1n) is 16.0. The van der Waals surface area contributed by atoms with Crippen molar-refractivity contribution in [1.29, 1.82) is 0 Å². The maximum absolute atomic E-state index is 13.5. The Morgan fingerprint density at radius 1 is 0.791 bits per heavy atom. The van der Waals surface area contributed by atoms with Crippen LogP contribution in [0.5, 0.6) is 0 Å². The second-order valence-electron chi connectivity index (χ2n) is 12.7. The topological polar surface area (TPSA) is 34.1 Å². The van der Waals surface area contributed by atoms with E-state index in [4.69, 9.17) is 0 Å². The minimum atomic E-state index is 0.147. The van der Waals surface area contributed by atoms with Crippen LogP contribution in [-0.4, -0.2) is 11.6 Å². The first kappa shape index (κ1) is 29.1. The second kappa shape index (κ2) is 13.1. The number of carbonyl (C=O) groups excluding carboxylic acids is 2. The van der Waals surface area contributed by atoms with Crippen LogP contribution < -0.4 is 0 Å². The molecule has 6 rings (SSSR count). The van der Waals surface area contributed by atoms with Gasteiger partial charge in [0.15, 0.2) is 11.6 Å². The molecule has 0 spiro atoms. The standard InChI is InChI=1S/C41H42O2/c1-28-14-16-35(24-28)34-12-7-9-30(25-34)15-23-40(42)36-21-22-39(37(26-36)27-41(43)33-10-4-5-11-33)32-19-17-31(18-20-32)38-13-6-3-8-29(38)2/h3-10,12-14,21-22,24-26,31-32H,11,15-20,23,27H2,1-2H3. The number of allylic oxidation sites excluding steroid dienone is 8. The number of benzene rings is 3. The Hall–Kier alpha value is -4.04. The summed E-state index contributed by atoms with van der Waals surface area (Å²) in [6.07, 6.45) is 18.2.